The minimum absolute atomic E-state index is 0.601. The van der Waals surface area contributed by atoms with E-state index in [1.807, 2.05) is 30.2 Å². The predicted molar refractivity (Wildman–Crippen MR) is 86.5 cm³/mol. The number of aromatic nitrogens is 2. The first kappa shape index (κ1) is 15.5. The maximum absolute atomic E-state index is 4.31. The number of hydrogen-bond donors (Lipinski definition) is 1. The van der Waals surface area contributed by atoms with Gasteiger partial charge in [0.15, 0.2) is 0 Å². The molecule has 0 aromatic carbocycles. The minimum atomic E-state index is 0.601. The molecule has 0 radical (unpaired) electrons. The molecule has 0 spiro atoms. The summed E-state index contributed by atoms with van der Waals surface area (Å²) >= 11 is 1.90. The van der Waals surface area contributed by atoms with Crippen LogP contribution in [0.1, 0.15) is 6.92 Å². The standard InChI is InChI=1S/C14H25N5S/c1-13(12-20-2)15-6-7-18-8-10-19(11-9-18)14-16-4-3-5-17-14/h3-5,13,15H,6-12H2,1-2H3/t13-/m1/s1. The summed E-state index contributed by atoms with van der Waals surface area (Å²) in [4.78, 5) is 13.4. The van der Waals surface area contributed by atoms with Crippen LogP contribution < -0.4 is 10.2 Å². The smallest absolute Gasteiger partial charge is 0.225 e. The molecule has 2 heterocycles. The molecule has 6 heteroatoms. The van der Waals surface area contributed by atoms with Crippen LogP contribution in [0.15, 0.2) is 18.5 Å². The summed E-state index contributed by atoms with van der Waals surface area (Å²) in [5, 5.41) is 3.57. The van der Waals surface area contributed by atoms with Gasteiger partial charge in [-0.3, -0.25) is 4.90 Å². The quantitative estimate of drug-likeness (QED) is 0.808. The lowest BCUT2D eigenvalue weighted by Gasteiger charge is -2.34. The number of thioether (sulfide) groups is 1. The van der Waals surface area contributed by atoms with Gasteiger partial charge in [-0.15, -0.1) is 0 Å². The molecular formula is C14H25N5S. The lowest BCUT2D eigenvalue weighted by Crippen LogP contribution is -2.49. The van der Waals surface area contributed by atoms with Gasteiger partial charge in [0.2, 0.25) is 5.95 Å². The Hall–Kier alpha value is -0.850. The van der Waals surface area contributed by atoms with Crippen LogP contribution in [0.4, 0.5) is 5.95 Å². The van der Waals surface area contributed by atoms with E-state index in [1.54, 1.807) is 0 Å². The Balaban J connectivity index is 1.65. The van der Waals surface area contributed by atoms with Crippen molar-refractivity contribution in [3.05, 3.63) is 18.5 Å². The number of anilines is 1. The van der Waals surface area contributed by atoms with E-state index in [-0.39, 0.29) is 0 Å². The van der Waals surface area contributed by atoms with Crippen molar-refractivity contribution in [1.82, 2.24) is 20.2 Å². The molecule has 1 aromatic heterocycles. The van der Waals surface area contributed by atoms with Gasteiger partial charge in [0.25, 0.3) is 0 Å². The largest absolute Gasteiger partial charge is 0.338 e. The fraction of sp³-hybridized carbons (Fsp3) is 0.714. The molecule has 1 fully saturated rings. The Morgan fingerprint density at radius 3 is 2.60 bits per heavy atom. The van der Waals surface area contributed by atoms with Crippen LogP contribution >= 0.6 is 11.8 Å². The second-order valence-electron chi connectivity index (χ2n) is 5.19. The van der Waals surface area contributed by atoms with Crippen molar-refractivity contribution in [2.75, 3.05) is 56.2 Å². The highest BCUT2D eigenvalue weighted by Gasteiger charge is 2.18. The average Bonchev–Trinajstić information content (AvgIpc) is 2.49. The molecule has 1 atom stereocenters. The molecular weight excluding hydrogens is 270 g/mol. The average molecular weight is 295 g/mol. The van der Waals surface area contributed by atoms with E-state index in [9.17, 15) is 0 Å². The van der Waals surface area contributed by atoms with Gasteiger partial charge in [0.1, 0.15) is 0 Å². The van der Waals surface area contributed by atoms with E-state index in [4.69, 9.17) is 0 Å². The molecule has 0 unspecified atom stereocenters. The van der Waals surface area contributed by atoms with Gasteiger partial charge in [-0.05, 0) is 19.2 Å². The van der Waals surface area contributed by atoms with E-state index in [0.717, 1.165) is 45.2 Å². The van der Waals surface area contributed by atoms with Crippen molar-refractivity contribution in [3.63, 3.8) is 0 Å². The van der Waals surface area contributed by atoms with Gasteiger partial charge in [-0.25, -0.2) is 9.97 Å². The highest BCUT2D eigenvalue weighted by atomic mass is 32.2. The molecule has 112 valence electrons. The Bertz CT molecular complexity index is 367. The summed E-state index contributed by atoms with van der Waals surface area (Å²) in [6, 6.07) is 2.46. The van der Waals surface area contributed by atoms with Crippen LogP contribution in [0.5, 0.6) is 0 Å². The monoisotopic (exact) mass is 295 g/mol. The zero-order valence-corrected chi connectivity index (χ0v) is 13.3. The van der Waals surface area contributed by atoms with Gasteiger partial charge in [-0.1, -0.05) is 0 Å². The van der Waals surface area contributed by atoms with E-state index >= 15 is 0 Å². The molecule has 0 aliphatic carbocycles. The molecule has 1 aliphatic heterocycles. The van der Waals surface area contributed by atoms with Crippen molar-refractivity contribution in [1.29, 1.82) is 0 Å². The second kappa shape index (κ2) is 8.44. The number of rotatable bonds is 7. The highest BCUT2D eigenvalue weighted by Crippen LogP contribution is 2.09. The van der Waals surface area contributed by atoms with E-state index < -0.39 is 0 Å². The molecule has 0 saturated carbocycles. The first-order valence-corrected chi connectivity index (χ1v) is 8.65. The maximum Gasteiger partial charge on any atom is 0.225 e. The van der Waals surface area contributed by atoms with Gasteiger partial charge >= 0.3 is 0 Å². The van der Waals surface area contributed by atoms with Crippen molar-refractivity contribution in [3.8, 4) is 0 Å². The van der Waals surface area contributed by atoms with E-state index in [0.29, 0.717) is 6.04 Å². The lowest BCUT2D eigenvalue weighted by molar-refractivity contribution is 0.254. The van der Waals surface area contributed by atoms with E-state index in [2.05, 4.69) is 38.3 Å². The van der Waals surface area contributed by atoms with Crippen LogP contribution in [0.25, 0.3) is 0 Å². The van der Waals surface area contributed by atoms with Crippen LogP contribution in [0, 0.1) is 0 Å². The van der Waals surface area contributed by atoms with Crippen LogP contribution in [0.3, 0.4) is 0 Å². The highest BCUT2D eigenvalue weighted by molar-refractivity contribution is 7.98. The molecule has 1 N–H and O–H groups in total. The summed E-state index contributed by atoms with van der Waals surface area (Å²) in [7, 11) is 0. The van der Waals surface area contributed by atoms with Gasteiger partial charge < -0.3 is 10.2 Å². The Labute approximate surface area is 126 Å². The minimum Gasteiger partial charge on any atom is -0.338 e. The van der Waals surface area contributed by atoms with Crippen molar-refractivity contribution in [2.45, 2.75) is 13.0 Å². The Kier molecular flexibility index (Phi) is 6.56. The number of nitrogens with zero attached hydrogens (tertiary/aromatic N) is 4. The maximum atomic E-state index is 4.31. The molecule has 1 aromatic rings. The third kappa shape index (κ3) is 4.92. The third-order valence-corrected chi connectivity index (χ3v) is 4.38. The van der Waals surface area contributed by atoms with Gasteiger partial charge in [0.05, 0.1) is 0 Å². The second-order valence-corrected chi connectivity index (χ2v) is 6.10. The molecule has 0 bridgehead atoms. The predicted octanol–water partition coefficient (Wildman–Crippen LogP) is 0.940. The zero-order chi connectivity index (χ0) is 14.2. The molecule has 0 amide bonds. The summed E-state index contributed by atoms with van der Waals surface area (Å²) in [5.41, 5.74) is 0. The summed E-state index contributed by atoms with van der Waals surface area (Å²) < 4.78 is 0. The summed E-state index contributed by atoms with van der Waals surface area (Å²) in [5.74, 6) is 2.04. The van der Waals surface area contributed by atoms with Crippen LogP contribution in [-0.2, 0) is 0 Å². The lowest BCUT2D eigenvalue weighted by atomic mass is 10.3. The molecule has 1 saturated heterocycles. The molecule has 20 heavy (non-hydrogen) atoms. The topological polar surface area (TPSA) is 44.3 Å². The number of hydrogen-bond acceptors (Lipinski definition) is 6. The molecule has 5 nitrogen and oxygen atoms in total. The van der Waals surface area contributed by atoms with Crippen LogP contribution in [-0.4, -0.2) is 72.2 Å². The van der Waals surface area contributed by atoms with Crippen molar-refractivity contribution >= 4 is 17.7 Å². The molecule has 1 aliphatic rings. The van der Waals surface area contributed by atoms with Crippen LogP contribution in [0.2, 0.25) is 0 Å². The zero-order valence-electron chi connectivity index (χ0n) is 12.5. The molecule has 2 rings (SSSR count). The Morgan fingerprint density at radius 1 is 1.25 bits per heavy atom. The SMILES string of the molecule is CSC[C@@H](C)NCCN1CCN(c2ncccn2)CC1. The first-order chi connectivity index (χ1) is 9.79. The fourth-order valence-corrected chi connectivity index (χ4v) is 3.02. The van der Waals surface area contributed by atoms with E-state index in [1.165, 1.54) is 5.75 Å². The van der Waals surface area contributed by atoms with Gasteiger partial charge in [-0.2, -0.15) is 11.8 Å². The van der Waals surface area contributed by atoms with Gasteiger partial charge in [0, 0.05) is 63.5 Å². The summed E-state index contributed by atoms with van der Waals surface area (Å²) in [6.45, 7) is 8.68. The van der Waals surface area contributed by atoms with Crippen molar-refractivity contribution in [2.24, 2.45) is 0 Å². The first-order valence-electron chi connectivity index (χ1n) is 7.26. The number of piperazine rings is 1. The summed E-state index contributed by atoms with van der Waals surface area (Å²) in [6.07, 6.45) is 5.78. The third-order valence-electron chi connectivity index (χ3n) is 3.54. The number of nitrogens with one attached hydrogen (secondary N) is 1. The van der Waals surface area contributed by atoms with Crippen molar-refractivity contribution < 1.29 is 0 Å². The Morgan fingerprint density at radius 2 is 1.95 bits per heavy atom. The fourth-order valence-electron chi connectivity index (χ4n) is 2.40. The normalized spacial score (nSPS) is 18.2.